The molecule has 1 aliphatic heterocycles. The zero-order chi connectivity index (χ0) is 12.7. The lowest BCUT2D eigenvalue weighted by Gasteiger charge is -2.15. The minimum atomic E-state index is -0.624. The molecule has 0 amide bonds. The van der Waals surface area contributed by atoms with Crippen LogP contribution in [-0.4, -0.2) is 36.8 Å². The summed E-state index contributed by atoms with van der Waals surface area (Å²) < 4.78 is 7.34. The molecule has 3 N–H and O–H groups in total. The van der Waals surface area contributed by atoms with E-state index in [0.717, 1.165) is 0 Å². The molecule has 1 unspecified atom stereocenters. The Morgan fingerprint density at radius 3 is 3.06 bits per heavy atom. The fourth-order valence-electron chi connectivity index (χ4n) is 2.14. The number of hydrogen-bond acceptors (Lipinski definition) is 6. The first-order chi connectivity index (χ1) is 8.70. The molecule has 3 heterocycles. The average molecular weight is 247 g/mol. The zero-order valence-corrected chi connectivity index (χ0v) is 9.60. The van der Waals surface area contributed by atoms with Crippen LogP contribution in [0.4, 0.5) is 5.82 Å². The van der Waals surface area contributed by atoms with Gasteiger partial charge in [-0.05, 0) is 0 Å². The highest BCUT2D eigenvalue weighted by Gasteiger charge is 2.34. The standard InChI is InChI=1S/C11H13N5O2/c1-2-6-3-7(17)11(18-6)16-5-15-8-9(12)13-4-14-10(8)16/h2,4-7,11,17H,1,3H2,(H2,12,13,14)/t6-,7?,11-/m1/s1. The molecule has 1 saturated heterocycles. The van der Waals surface area contributed by atoms with E-state index in [-0.39, 0.29) is 6.10 Å². The van der Waals surface area contributed by atoms with Crippen molar-refractivity contribution in [1.82, 2.24) is 19.5 Å². The van der Waals surface area contributed by atoms with Gasteiger partial charge in [-0.15, -0.1) is 6.58 Å². The summed E-state index contributed by atoms with van der Waals surface area (Å²) >= 11 is 0. The summed E-state index contributed by atoms with van der Waals surface area (Å²) in [4.78, 5) is 12.1. The van der Waals surface area contributed by atoms with Crippen molar-refractivity contribution in [3.05, 3.63) is 25.3 Å². The fourth-order valence-corrected chi connectivity index (χ4v) is 2.14. The van der Waals surface area contributed by atoms with E-state index in [9.17, 15) is 5.11 Å². The molecule has 18 heavy (non-hydrogen) atoms. The molecule has 7 nitrogen and oxygen atoms in total. The topological polar surface area (TPSA) is 99.1 Å². The second kappa shape index (κ2) is 4.04. The summed E-state index contributed by atoms with van der Waals surface area (Å²) in [5.74, 6) is 0.312. The second-order valence-electron chi connectivity index (χ2n) is 4.19. The van der Waals surface area contributed by atoms with Crippen molar-refractivity contribution >= 4 is 17.0 Å². The summed E-state index contributed by atoms with van der Waals surface area (Å²) in [5, 5.41) is 9.99. The SMILES string of the molecule is C=C[C@@H]1CC(O)[C@H](n2cnc3c(N)ncnc32)O1. The maximum Gasteiger partial charge on any atom is 0.167 e. The molecule has 0 radical (unpaired) electrons. The molecule has 0 aliphatic carbocycles. The third kappa shape index (κ3) is 1.56. The third-order valence-corrected chi connectivity index (χ3v) is 3.04. The predicted octanol–water partition coefficient (Wildman–Crippen LogP) is 0.243. The van der Waals surface area contributed by atoms with Gasteiger partial charge in [0.15, 0.2) is 17.7 Å². The Labute approximate surface area is 103 Å². The van der Waals surface area contributed by atoms with Crippen LogP contribution in [0.2, 0.25) is 0 Å². The Kier molecular flexibility index (Phi) is 2.49. The van der Waals surface area contributed by atoms with E-state index in [1.807, 2.05) is 0 Å². The van der Waals surface area contributed by atoms with Gasteiger partial charge in [0.05, 0.1) is 12.4 Å². The zero-order valence-electron chi connectivity index (χ0n) is 9.60. The maximum absolute atomic E-state index is 9.99. The molecule has 0 saturated carbocycles. The summed E-state index contributed by atoms with van der Waals surface area (Å²) in [6.07, 6.45) is 3.78. The molecule has 1 fully saturated rings. The first-order valence-electron chi connectivity index (χ1n) is 5.60. The normalized spacial score (nSPS) is 27.7. The Balaban J connectivity index is 2.05. The van der Waals surface area contributed by atoms with Gasteiger partial charge in [0.1, 0.15) is 17.9 Å². The molecule has 94 valence electrons. The third-order valence-electron chi connectivity index (χ3n) is 3.04. The van der Waals surface area contributed by atoms with E-state index in [4.69, 9.17) is 10.5 Å². The smallest absolute Gasteiger partial charge is 0.167 e. The van der Waals surface area contributed by atoms with Crippen LogP contribution in [0.5, 0.6) is 0 Å². The van der Waals surface area contributed by atoms with Crippen LogP contribution in [0.1, 0.15) is 12.6 Å². The summed E-state index contributed by atoms with van der Waals surface area (Å²) in [6.45, 7) is 3.66. The number of hydrogen-bond donors (Lipinski definition) is 2. The van der Waals surface area contributed by atoms with Gasteiger partial charge < -0.3 is 15.6 Å². The number of ether oxygens (including phenoxy) is 1. The van der Waals surface area contributed by atoms with E-state index in [0.29, 0.717) is 23.4 Å². The average Bonchev–Trinajstić information content (AvgIpc) is 2.93. The highest BCUT2D eigenvalue weighted by Crippen LogP contribution is 2.31. The van der Waals surface area contributed by atoms with Gasteiger partial charge in [0.2, 0.25) is 0 Å². The van der Waals surface area contributed by atoms with Crippen molar-refractivity contribution in [2.75, 3.05) is 5.73 Å². The van der Waals surface area contributed by atoms with Gasteiger partial charge in [-0.1, -0.05) is 6.08 Å². The Bertz CT molecular complexity index is 596. The Morgan fingerprint density at radius 1 is 1.50 bits per heavy atom. The monoisotopic (exact) mass is 247 g/mol. The van der Waals surface area contributed by atoms with Crippen LogP contribution in [0, 0.1) is 0 Å². The lowest BCUT2D eigenvalue weighted by atomic mass is 10.2. The molecular formula is C11H13N5O2. The largest absolute Gasteiger partial charge is 0.388 e. The van der Waals surface area contributed by atoms with E-state index < -0.39 is 12.3 Å². The van der Waals surface area contributed by atoms with Crippen molar-refractivity contribution in [3.63, 3.8) is 0 Å². The Hall–Kier alpha value is -1.99. The second-order valence-corrected chi connectivity index (χ2v) is 4.19. The van der Waals surface area contributed by atoms with Gasteiger partial charge in [0, 0.05) is 6.42 Å². The van der Waals surface area contributed by atoms with Crippen LogP contribution in [0.25, 0.3) is 11.2 Å². The van der Waals surface area contributed by atoms with Crippen LogP contribution >= 0.6 is 0 Å². The minimum Gasteiger partial charge on any atom is -0.388 e. The van der Waals surface area contributed by atoms with Gasteiger partial charge in [-0.25, -0.2) is 15.0 Å². The first kappa shape index (κ1) is 11.1. The van der Waals surface area contributed by atoms with Gasteiger partial charge >= 0.3 is 0 Å². The molecule has 0 aromatic carbocycles. The maximum atomic E-state index is 9.99. The van der Waals surface area contributed by atoms with Crippen LogP contribution in [0.3, 0.4) is 0 Å². The van der Waals surface area contributed by atoms with Crippen molar-refractivity contribution in [2.45, 2.75) is 24.9 Å². The van der Waals surface area contributed by atoms with Gasteiger partial charge in [-0.3, -0.25) is 4.57 Å². The molecule has 2 aromatic rings. The van der Waals surface area contributed by atoms with Crippen LogP contribution in [-0.2, 0) is 4.74 Å². The number of imidazole rings is 1. The molecular weight excluding hydrogens is 234 g/mol. The van der Waals surface area contributed by atoms with Gasteiger partial charge in [-0.2, -0.15) is 0 Å². The Morgan fingerprint density at radius 2 is 2.33 bits per heavy atom. The summed E-state index contributed by atoms with van der Waals surface area (Å²) in [5.41, 5.74) is 6.77. The highest BCUT2D eigenvalue weighted by molar-refractivity contribution is 5.81. The number of aliphatic hydroxyl groups is 1. The quantitative estimate of drug-likeness (QED) is 0.738. The van der Waals surface area contributed by atoms with Crippen LogP contribution < -0.4 is 5.73 Å². The molecule has 0 bridgehead atoms. The number of aliphatic hydroxyl groups excluding tert-OH is 1. The number of rotatable bonds is 2. The van der Waals surface area contributed by atoms with Crippen molar-refractivity contribution in [3.8, 4) is 0 Å². The molecule has 3 atom stereocenters. The molecule has 1 aliphatic rings. The lowest BCUT2D eigenvalue weighted by molar-refractivity contribution is -0.0227. The van der Waals surface area contributed by atoms with E-state index in [2.05, 4.69) is 21.5 Å². The lowest BCUT2D eigenvalue weighted by Crippen LogP contribution is -2.19. The highest BCUT2D eigenvalue weighted by atomic mass is 16.5. The van der Waals surface area contributed by atoms with Crippen molar-refractivity contribution in [1.29, 1.82) is 0 Å². The van der Waals surface area contributed by atoms with E-state index >= 15 is 0 Å². The number of nitrogens with zero attached hydrogens (tertiary/aromatic N) is 4. The molecule has 3 rings (SSSR count). The fraction of sp³-hybridized carbons (Fsp3) is 0.364. The molecule has 0 spiro atoms. The van der Waals surface area contributed by atoms with E-state index in [1.165, 1.54) is 6.33 Å². The number of aromatic nitrogens is 4. The van der Waals surface area contributed by atoms with Gasteiger partial charge in [0.25, 0.3) is 0 Å². The number of anilines is 1. The van der Waals surface area contributed by atoms with Crippen molar-refractivity contribution in [2.24, 2.45) is 0 Å². The molecule has 7 heteroatoms. The summed E-state index contributed by atoms with van der Waals surface area (Å²) in [7, 11) is 0. The van der Waals surface area contributed by atoms with Crippen molar-refractivity contribution < 1.29 is 9.84 Å². The predicted molar refractivity (Wildman–Crippen MR) is 64.5 cm³/mol. The summed E-state index contributed by atoms with van der Waals surface area (Å²) in [6, 6.07) is 0. The number of nitrogens with two attached hydrogens (primary N) is 1. The minimum absolute atomic E-state index is 0.165. The number of nitrogen functional groups attached to an aromatic ring is 1. The van der Waals surface area contributed by atoms with E-state index in [1.54, 1.807) is 17.0 Å². The van der Waals surface area contributed by atoms with Crippen LogP contribution in [0.15, 0.2) is 25.3 Å². The molecule has 2 aromatic heterocycles. The first-order valence-corrected chi connectivity index (χ1v) is 5.60. The number of fused-ring (bicyclic) bond motifs is 1.